The van der Waals surface area contributed by atoms with Crippen molar-refractivity contribution in [2.45, 2.75) is 13.5 Å². The summed E-state index contributed by atoms with van der Waals surface area (Å²) in [7, 11) is 0. The van der Waals surface area contributed by atoms with Gasteiger partial charge in [-0.05, 0) is 42.8 Å². The van der Waals surface area contributed by atoms with Gasteiger partial charge < -0.3 is 20.1 Å². The highest BCUT2D eigenvalue weighted by Gasteiger charge is 2.14. The fraction of sp³-hybridized carbons (Fsp3) is 0.222. The van der Waals surface area contributed by atoms with Gasteiger partial charge in [-0.1, -0.05) is 17.7 Å². The van der Waals surface area contributed by atoms with Gasteiger partial charge in [0.2, 0.25) is 12.7 Å². The van der Waals surface area contributed by atoms with Crippen LogP contribution in [0.25, 0.3) is 10.9 Å². The van der Waals surface area contributed by atoms with Crippen LogP contribution in [0.3, 0.4) is 0 Å². The Bertz CT molecular complexity index is 932. The van der Waals surface area contributed by atoms with Crippen LogP contribution in [0, 0.1) is 0 Å². The molecule has 1 aromatic heterocycles. The Balaban J connectivity index is 1.64. The minimum Gasteiger partial charge on any atom is -0.454 e. The molecule has 0 fully saturated rings. The highest BCUT2D eigenvalue weighted by Crippen LogP contribution is 2.33. The molecule has 4 rings (SSSR count). The number of nitrogens with one attached hydrogen (secondary N) is 2. The Labute approximate surface area is 150 Å². The van der Waals surface area contributed by atoms with Crippen molar-refractivity contribution in [3.63, 3.8) is 0 Å². The van der Waals surface area contributed by atoms with Crippen LogP contribution in [0.2, 0.25) is 5.02 Å². The number of aromatic nitrogens is 2. The topological polar surface area (TPSA) is 68.3 Å². The van der Waals surface area contributed by atoms with E-state index in [4.69, 9.17) is 21.1 Å². The van der Waals surface area contributed by atoms with Crippen molar-refractivity contribution in [3.05, 3.63) is 47.0 Å². The molecular weight excluding hydrogens is 340 g/mol. The Morgan fingerprint density at radius 2 is 1.92 bits per heavy atom. The van der Waals surface area contributed by atoms with Crippen LogP contribution in [0.4, 0.5) is 11.8 Å². The van der Waals surface area contributed by atoms with E-state index in [-0.39, 0.29) is 6.79 Å². The van der Waals surface area contributed by atoms with Crippen molar-refractivity contribution in [2.24, 2.45) is 0 Å². The molecule has 1 aliphatic rings. The van der Waals surface area contributed by atoms with Crippen LogP contribution < -0.4 is 20.1 Å². The number of ether oxygens (including phenoxy) is 2. The van der Waals surface area contributed by atoms with Gasteiger partial charge in [-0.2, -0.15) is 4.98 Å². The lowest BCUT2D eigenvalue weighted by atomic mass is 10.2. The third-order valence-corrected chi connectivity index (χ3v) is 4.12. The molecule has 1 aliphatic heterocycles. The number of rotatable bonds is 5. The molecule has 0 radical (unpaired) electrons. The van der Waals surface area contributed by atoms with Gasteiger partial charge in [-0.25, -0.2) is 4.98 Å². The summed E-state index contributed by atoms with van der Waals surface area (Å²) >= 11 is 6.14. The van der Waals surface area contributed by atoms with E-state index < -0.39 is 0 Å². The fourth-order valence-corrected chi connectivity index (χ4v) is 2.88. The van der Waals surface area contributed by atoms with Crippen LogP contribution in [0.1, 0.15) is 12.5 Å². The zero-order chi connectivity index (χ0) is 17.2. The smallest absolute Gasteiger partial charge is 0.231 e. The quantitative estimate of drug-likeness (QED) is 0.718. The molecule has 0 spiro atoms. The van der Waals surface area contributed by atoms with Crippen molar-refractivity contribution in [1.82, 2.24) is 9.97 Å². The second kappa shape index (κ2) is 6.64. The first kappa shape index (κ1) is 15.8. The van der Waals surface area contributed by atoms with Gasteiger partial charge in [0.15, 0.2) is 11.5 Å². The Hall–Kier alpha value is -2.73. The second-order valence-electron chi connectivity index (χ2n) is 5.63. The number of halogens is 1. The molecule has 2 heterocycles. The third-order valence-electron chi connectivity index (χ3n) is 3.89. The Morgan fingerprint density at radius 1 is 1.04 bits per heavy atom. The largest absolute Gasteiger partial charge is 0.454 e. The molecule has 0 aliphatic carbocycles. The Morgan fingerprint density at radius 3 is 2.80 bits per heavy atom. The predicted molar refractivity (Wildman–Crippen MR) is 98.6 cm³/mol. The average Bonchev–Trinajstić information content (AvgIpc) is 3.08. The lowest BCUT2D eigenvalue weighted by Gasteiger charge is -2.12. The van der Waals surface area contributed by atoms with E-state index in [2.05, 4.69) is 20.6 Å². The van der Waals surface area contributed by atoms with E-state index in [1.54, 1.807) is 0 Å². The number of nitrogens with zero attached hydrogens (tertiary/aromatic N) is 2. The summed E-state index contributed by atoms with van der Waals surface area (Å²) in [6.45, 7) is 3.63. The lowest BCUT2D eigenvalue weighted by molar-refractivity contribution is 0.174. The van der Waals surface area contributed by atoms with Crippen molar-refractivity contribution in [2.75, 3.05) is 24.0 Å². The summed E-state index contributed by atoms with van der Waals surface area (Å²) < 4.78 is 10.8. The molecule has 128 valence electrons. The molecule has 2 aromatic carbocycles. The van der Waals surface area contributed by atoms with Crippen molar-refractivity contribution < 1.29 is 9.47 Å². The first-order valence-corrected chi connectivity index (χ1v) is 8.44. The van der Waals surface area contributed by atoms with Gasteiger partial charge in [-0.15, -0.1) is 0 Å². The number of hydrogen-bond acceptors (Lipinski definition) is 6. The summed E-state index contributed by atoms with van der Waals surface area (Å²) in [5.74, 6) is 2.87. The number of fused-ring (bicyclic) bond motifs is 2. The predicted octanol–water partition coefficient (Wildman–Crippen LogP) is 4.06. The SMILES string of the molecule is CCNc1nc(NCc2ccc3c(c2)OCO3)c2cc(Cl)ccc2n1. The standard InChI is InChI=1S/C18H17ClN4O2/c1-2-20-18-22-14-5-4-12(19)8-13(14)17(23-18)21-9-11-3-6-15-16(7-11)25-10-24-15/h3-8H,2,9-10H2,1H3,(H2,20,21,22,23). The maximum absolute atomic E-state index is 6.14. The molecular formula is C18H17ClN4O2. The molecule has 0 bridgehead atoms. The molecule has 7 heteroatoms. The first-order chi connectivity index (χ1) is 12.2. The maximum atomic E-state index is 6.14. The normalized spacial score (nSPS) is 12.4. The number of benzene rings is 2. The van der Waals surface area contributed by atoms with Gasteiger partial charge in [0.05, 0.1) is 5.52 Å². The van der Waals surface area contributed by atoms with Gasteiger partial charge in [0.25, 0.3) is 0 Å². The van der Waals surface area contributed by atoms with Gasteiger partial charge >= 0.3 is 0 Å². The summed E-state index contributed by atoms with van der Waals surface area (Å²) in [5.41, 5.74) is 1.91. The van der Waals surface area contributed by atoms with E-state index >= 15 is 0 Å². The van der Waals surface area contributed by atoms with Gasteiger partial charge in [-0.3, -0.25) is 0 Å². The molecule has 0 amide bonds. The van der Waals surface area contributed by atoms with Crippen molar-refractivity contribution in [1.29, 1.82) is 0 Å². The van der Waals surface area contributed by atoms with Crippen LogP contribution in [0.15, 0.2) is 36.4 Å². The van der Waals surface area contributed by atoms with Crippen LogP contribution in [-0.4, -0.2) is 23.3 Å². The third kappa shape index (κ3) is 3.25. The van der Waals surface area contributed by atoms with E-state index in [0.29, 0.717) is 17.5 Å². The lowest BCUT2D eigenvalue weighted by Crippen LogP contribution is -2.07. The first-order valence-electron chi connectivity index (χ1n) is 8.06. The molecule has 0 saturated heterocycles. The van der Waals surface area contributed by atoms with Gasteiger partial charge in [0.1, 0.15) is 5.82 Å². The maximum Gasteiger partial charge on any atom is 0.231 e. The second-order valence-corrected chi connectivity index (χ2v) is 6.07. The molecule has 6 nitrogen and oxygen atoms in total. The molecule has 0 atom stereocenters. The zero-order valence-corrected chi connectivity index (χ0v) is 14.4. The fourth-order valence-electron chi connectivity index (χ4n) is 2.71. The van der Waals surface area contributed by atoms with Crippen molar-refractivity contribution in [3.8, 4) is 11.5 Å². The highest BCUT2D eigenvalue weighted by molar-refractivity contribution is 6.31. The summed E-state index contributed by atoms with van der Waals surface area (Å²) in [4.78, 5) is 9.08. The minimum atomic E-state index is 0.271. The Kier molecular flexibility index (Phi) is 4.19. The number of anilines is 2. The monoisotopic (exact) mass is 356 g/mol. The van der Waals surface area contributed by atoms with E-state index in [1.165, 1.54) is 0 Å². The van der Waals surface area contributed by atoms with Crippen LogP contribution >= 0.6 is 11.6 Å². The minimum absolute atomic E-state index is 0.271. The summed E-state index contributed by atoms with van der Waals surface area (Å²) in [6.07, 6.45) is 0. The number of hydrogen-bond donors (Lipinski definition) is 2. The van der Waals surface area contributed by atoms with Crippen molar-refractivity contribution >= 4 is 34.3 Å². The molecule has 3 aromatic rings. The molecule has 2 N–H and O–H groups in total. The molecule has 0 unspecified atom stereocenters. The molecule has 25 heavy (non-hydrogen) atoms. The summed E-state index contributed by atoms with van der Waals surface area (Å²) in [5, 5.41) is 8.07. The average molecular weight is 357 g/mol. The molecule has 0 saturated carbocycles. The zero-order valence-electron chi connectivity index (χ0n) is 13.7. The van der Waals surface area contributed by atoms with Crippen LogP contribution in [-0.2, 0) is 6.54 Å². The summed E-state index contributed by atoms with van der Waals surface area (Å²) in [6, 6.07) is 11.5. The van der Waals surface area contributed by atoms with E-state index in [9.17, 15) is 0 Å². The van der Waals surface area contributed by atoms with E-state index in [1.807, 2.05) is 43.3 Å². The highest BCUT2D eigenvalue weighted by atomic mass is 35.5. The van der Waals surface area contributed by atoms with Gasteiger partial charge in [0, 0.05) is 23.5 Å². The van der Waals surface area contributed by atoms with E-state index in [0.717, 1.165) is 40.3 Å². The van der Waals surface area contributed by atoms with Crippen LogP contribution in [0.5, 0.6) is 11.5 Å².